The molecule has 6 heteroatoms. The second kappa shape index (κ2) is 5.28. The van der Waals surface area contributed by atoms with Gasteiger partial charge in [-0.3, -0.25) is 9.69 Å². The molecular formula is C16H15F3N2O. The quantitative estimate of drug-likeness (QED) is 0.852. The van der Waals surface area contributed by atoms with Crippen LogP contribution in [0.4, 0.5) is 13.2 Å². The van der Waals surface area contributed by atoms with Crippen LogP contribution in [0.15, 0.2) is 41.2 Å². The van der Waals surface area contributed by atoms with Crippen molar-refractivity contribution in [3.8, 4) is 0 Å². The van der Waals surface area contributed by atoms with Crippen LogP contribution < -0.4 is 5.56 Å². The van der Waals surface area contributed by atoms with E-state index < -0.39 is 11.7 Å². The molecule has 0 fully saturated rings. The molecule has 22 heavy (non-hydrogen) atoms. The molecule has 1 aromatic heterocycles. The number of rotatable bonds is 2. The summed E-state index contributed by atoms with van der Waals surface area (Å²) in [4.78, 5) is 13.6. The van der Waals surface area contributed by atoms with Gasteiger partial charge in [0.1, 0.15) is 0 Å². The van der Waals surface area contributed by atoms with E-state index in [0.717, 1.165) is 17.3 Å². The number of nitrogens with zero attached hydrogens (tertiary/aromatic N) is 2. The van der Waals surface area contributed by atoms with Crippen molar-refractivity contribution in [3.05, 3.63) is 69.1 Å². The Morgan fingerprint density at radius 2 is 1.82 bits per heavy atom. The molecule has 0 saturated heterocycles. The van der Waals surface area contributed by atoms with E-state index >= 15 is 0 Å². The van der Waals surface area contributed by atoms with Crippen molar-refractivity contribution in [2.24, 2.45) is 7.05 Å². The lowest BCUT2D eigenvalue weighted by Crippen LogP contribution is -2.24. The molecule has 1 aromatic carbocycles. The summed E-state index contributed by atoms with van der Waals surface area (Å²) in [5.41, 5.74) is 1.76. The van der Waals surface area contributed by atoms with Gasteiger partial charge in [0, 0.05) is 38.4 Å². The van der Waals surface area contributed by atoms with Crippen LogP contribution in [0.3, 0.4) is 0 Å². The molecule has 0 atom stereocenters. The molecule has 0 spiro atoms. The maximum atomic E-state index is 12.7. The van der Waals surface area contributed by atoms with Gasteiger partial charge in [-0.05, 0) is 29.3 Å². The summed E-state index contributed by atoms with van der Waals surface area (Å²) < 4.78 is 39.8. The minimum atomic E-state index is -4.31. The Morgan fingerprint density at radius 3 is 2.55 bits per heavy atom. The molecule has 116 valence electrons. The van der Waals surface area contributed by atoms with Gasteiger partial charge >= 0.3 is 6.18 Å². The van der Waals surface area contributed by atoms with Crippen molar-refractivity contribution in [3.63, 3.8) is 0 Å². The molecule has 3 rings (SSSR count). The highest BCUT2D eigenvalue weighted by atomic mass is 19.4. The Hall–Kier alpha value is -2.08. The zero-order valence-corrected chi connectivity index (χ0v) is 12.0. The maximum absolute atomic E-state index is 12.7. The van der Waals surface area contributed by atoms with Crippen molar-refractivity contribution < 1.29 is 13.2 Å². The molecule has 0 bridgehead atoms. The molecule has 2 aromatic rings. The molecule has 1 aliphatic rings. The van der Waals surface area contributed by atoms with Gasteiger partial charge in [-0.25, -0.2) is 0 Å². The minimum Gasteiger partial charge on any atom is -0.314 e. The average molecular weight is 308 g/mol. The fourth-order valence-corrected chi connectivity index (χ4v) is 2.75. The van der Waals surface area contributed by atoms with Crippen LogP contribution in [0.5, 0.6) is 0 Å². The number of benzene rings is 1. The van der Waals surface area contributed by atoms with E-state index in [0.29, 0.717) is 25.2 Å². The van der Waals surface area contributed by atoms with E-state index in [1.165, 1.54) is 12.1 Å². The SMILES string of the molecule is Cn1c(CN2Cc3ccc(C(F)(F)F)cc3C2)cccc1=O. The van der Waals surface area contributed by atoms with Crippen molar-refractivity contribution >= 4 is 0 Å². The smallest absolute Gasteiger partial charge is 0.314 e. The maximum Gasteiger partial charge on any atom is 0.416 e. The fourth-order valence-electron chi connectivity index (χ4n) is 2.75. The largest absolute Gasteiger partial charge is 0.416 e. The predicted octanol–water partition coefficient (Wildman–Crippen LogP) is 2.92. The van der Waals surface area contributed by atoms with Crippen LogP contribution in [0.25, 0.3) is 0 Å². The Morgan fingerprint density at radius 1 is 1.09 bits per heavy atom. The van der Waals surface area contributed by atoms with Gasteiger partial charge in [-0.2, -0.15) is 13.2 Å². The van der Waals surface area contributed by atoms with Gasteiger partial charge in [0.05, 0.1) is 5.56 Å². The normalized spacial score (nSPS) is 15.1. The van der Waals surface area contributed by atoms with Crippen LogP contribution in [-0.2, 0) is 32.9 Å². The zero-order valence-electron chi connectivity index (χ0n) is 12.0. The lowest BCUT2D eigenvalue weighted by atomic mass is 10.1. The number of aromatic nitrogens is 1. The van der Waals surface area contributed by atoms with E-state index in [4.69, 9.17) is 0 Å². The van der Waals surface area contributed by atoms with Gasteiger partial charge in [0.2, 0.25) is 5.56 Å². The predicted molar refractivity (Wildman–Crippen MR) is 76.1 cm³/mol. The standard InChI is InChI=1S/C16H15F3N2O/c1-20-14(3-2-4-15(20)22)10-21-8-11-5-6-13(16(17,18)19)7-12(11)9-21/h2-7H,8-10H2,1H3. The molecule has 0 radical (unpaired) electrons. The molecule has 2 heterocycles. The number of alkyl halides is 3. The number of halogens is 3. The van der Waals surface area contributed by atoms with Gasteiger partial charge < -0.3 is 4.57 Å². The van der Waals surface area contributed by atoms with E-state index in [9.17, 15) is 18.0 Å². The van der Waals surface area contributed by atoms with Gasteiger partial charge in [-0.1, -0.05) is 12.1 Å². The molecule has 0 amide bonds. The molecule has 0 unspecified atom stereocenters. The van der Waals surface area contributed by atoms with Gasteiger partial charge in [0.15, 0.2) is 0 Å². The minimum absolute atomic E-state index is 0.0893. The summed E-state index contributed by atoms with van der Waals surface area (Å²) in [6, 6.07) is 8.92. The third-order valence-corrected chi connectivity index (χ3v) is 4.00. The van der Waals surface area contributed by atoms with Crippen LogP contribution in [0.2, 0.25) is 0 Å². The van der Waals surface area contributed by atoms with Gasteiger partial charge in [-0.15, -0.1) is 0 Å². The Bertz CT molecular complexity index is 765. The third-order valence-electron chi connectivity index (χ3n) is 4.00. The molecular weight excluding hydrogens is 293 g/mol. The van der Waals surface area contributed by atoms with Crippen LogP contribution in [0.1, 0.15) is 22.4 Å². The van der Waals surface area contributed by atoms with Crippen LogP contribution in [-0.4, -0.2) is 9.47 Å². The Balaban J connectivity index is 1.80. The van der Waals surface area contributed by atoms with Gasteiger partial charge in [0.25, 0.3) is 0 Å². The fraction of sp³-hybridized carbons (Fsp3) is 0.312. The first kappa shape index (κ1) is 14.8. The number of pyridine rings is 1. The van der Waals surface area contributed by atoms with E-state index in [1.54, 1.807) is 23.7 Å². The topological polar surface area (TPSA) is 25.2 Å². The lowest BCUT2D eigenvalue weighted by Gasteiger charge is -2.16. The second-order valence-electron chi connectivity index (χ2n) is 5.54. The molecule has 0 saturated carbocycles. The van der Waals surface area contributed by atoms with Crippen molar-refractivity contribution in [2.45, 2.75) is 25.8 Å². The van der Waals surface area contributed by atoms with E-state index in [-0.39, 0.29) is 5.56 Å². The first-order valence-electron chi connectivity index (χ1n) is 6.91. The highest BCUT2D eigenvalue weighted by Crippen LogP contribution is 2.33. The average Bonchev–Trinajstić information content (AvgIpc) is 2.84. The summed E-state index contributed by atoms with van der Waals surface area (Å²) in [6.45, 7) is 1.58. The number of hydrogen-bond donors (Lipinski definition) is 0. The lowest BCUT2D eigenvalue weighted by molar-refractivity contribution is -0.137. The monoisotopic (exact) mass is 308 g/mol. The summed E-state index contributed by atoms with van der Waals surface area (Å²) in [6.07, 6.45) is -4.31. The van der Waals surface area contributed by atoms with Crippen molar-refractivity contribution in [2.75, 3.05) is 0 Å². The third kappa shape index (κ3) is 2.78. The van der Waals surface area contributed by atoms with Crippen molar-refractivity contribution in [1.82, 2.24) is 9.47 Å². The Labute approximate surface area is 125 Å². The van der Waals surface area contributed by atoms with E-state index in [1.807, 2.05) is 11.0 Å². The summed E-state index contributed by atoms with van der Waals surface area (Å²) >= 11 is 0. The molecule has 1 aliphatic heterocycles. The summed E-state index contributed by atoms with van der Waals surface area (Å²) in [5, 5.41) is 0. The zero-order chi connectivity index (χ0) is 15.9. The number of hydrogen-bond acceptors (Lipinski definition) is 2. The molecule has 3 nitrogen and oxygen atoms in total. The Kier molecular flexibility index (Phi) is 3.56. The second-order valence-corrected chi connectivity index (χ2v) is 5.54. The molecule has 0 aliphatic carbocycles. The first-order valence-corrected chi connectivity index (χ1v) is 6.91. The summed E-state index contributed by atoms with van der Waals surface area (Å²) in [5.74, 6) is 0. The first-order chi connectivity index (χ1) is 10.3. The summed E-state index contributed by atoms with van der Waals surface area (Å²) in [7, 11) is 1.70. The number of fused-ring (bicyclic) bond motifs is 1. The highest BCUT2D eigenvalue weighted by Gasteiger charge is 2.32. The van der Waals surface area contributed by atoms with E-state index in [2.05, 4.69) is 0 Å². The molecule has 0 N–H and O–H groups in total. The highest BCUT2D eigenvalue weighted by molar-refractivity contribution is 5.36. The van der Waals surface area contributed by atoms with Crippen molar-refractivity contribution in [1.29, 1.82) is 0 Å². The van der Waals surface area contributed by atoms with Crippen LogP contribution in [0, 0.1) is 0 Å². The van der Waals surface area contributed by atoms with Crippen LogP contribution >= 0.6 is 0 Å².